The molecule has 1 N–H and O–H groups in total. The Kier molecular flexibility index (Phi) is 4.20. The number of carbonyl (C=O) groups excluding carboxylic acids is 2. The van der Waals surface area contributed by atoms with Gasteiger partial charge in [-0.15, -0.1) is 0 Å². The molecule has 1 saturated carbocycles. The molecule has 2 heterocycles. The van der Waals surface area contributed by atoms with Crippen LogP contribution in [-0.2, 0) is 14.3 Å². The fraction of sp³-hybridized carbons (Fsp3) is 0.875. The van der Waals surface area contributed by atoms with Gasteiger partial charge in [0.2, 0.25) is 11.8 Å². The van der Waals surface area contributed by atoms with Crippen LogP contribution >= 0.6 is 0 Å². The van der Waals surface area contributed by atoms with E-state index in [0.717, 1.165) is 19.3 Å². The van der Waals surface area contributed by atoms with Crippen molar-refractivity contribution in [2.24, 2.45) is 5.92 Å². The molecule has 3 aliphatic rings. The second-order valence-corrected chi connectivity index (χ2v) is 6.98. The highest BCUT2D eigenvalue weighted by molar-refractivity contribution is 5.90. The zero-order chi connectivity index (χ0) is 14.9. The minimum Gasteiger partial charge on any atom is -0.379 e. The van der Waals surface area contributed by atoms with Crippen LogP contribution in [0.5, 0.6) is 0 Å². The maximum Gasteiger partial charge on any atom is 0.245 e. The van der Waals surface area contributed by atoms with Gasteiger partial charge in [0.1, 0.15) is 6.04 Å². The van der Waals surface area contributed by atoms with Crippen molar-refractivity contribution in [2.45, 2.75) is 63.5 Å². The van der Waals surface area contributed by atoms with Gasteiger partial charge in [0.05, 0.1) is 12.1 Å². The molecule has 2 atom stereocenters. The first-order valence-corrected chi connectivity index (χ1v) is 8.29. The van der Waals surface area contributed by atoms with Crippen LogP contribution in [0.1, 0.15) is 51.9 Å². The van der Waals surface area contributed by atoms with E-state index in [1.54, 1.807) is 0 Å². The van der Waals surface area contributed by atoms with Crippen molar-refractivity contribution in [1.29, 1.82) is 0 Å². The number of nitrogens with one attached hydrogen (secondary N) is 1. The molecule has 0 aromatic rings. The van der Waals surface area contributed by atoms with E-state index in [1.807, 2.05) is 4.90 Å². The molecule has 5 nitrogen and oxygen atoms in total. The maximum atomic E-state index is 13.0. The Labute approximate surface area is 126 Å². The molecule has 2 unspecified atom stereocenters. The van der Waals surface area contributed by atoms with E-state index < -0.39 is 0 Å². The maximum absolute atomic E-state index is 13.0. The van der Waals surface area contributed by atoms with Crippen molar-refractivity contribution >= 4 is 11.8 Å². The molecule has 3 fully saturated rings. The molecule has 2 aliphatic heterocycles. The molecule has 0 aromatic carbocycles. The number of ether oxygens (including phenoxy) is 1. The molecular formula is C16H26N2O3. The molecule has 0 aromatic heterocycles. The Balaban J connectivity index is 1.81. The van der Waals surface area contributed by atoms with Crippen LogP contribution in [0, 0.1) is 5.92 Å². The highest BCUT2D eigenvalue weighted by atomic mass is 16.5. The molecule has 2 saturated heterocycles. The van der Waals surface area contributed by atoms with E-state index in [2.05, 4.69) is 12.2 Å². The molecule has 3 rings (SSSR count). The van der Waals surface area contributed by atoms with Gasteiger partial charge in [-0.3, -0.25) is 9.59 Å². The number of amides is 2. The number of nitrogens with zero attached hydrogens (tertiary/aromatic N) is 1. The van der Waals surface area contributed by atoms with Crippen LogP contribution in [0.3, 0.4) is 0 Å². The van der Waals surface area contributed by atoms with Gasteiger partial charge in [-0.2, -0.15) is 0 Å². The fourth-order valence-electron chi connectivity index (χ4n) is 3.99. The summed E-state index contributed by atoms with van der Waals surface area (Å²) in [4.78, 5) is 27.0. The largest absolute Gasteiger partial charge is 0.379 e. The lowest BCUT2D eigenvalue weighted by atomic mass is 9.83. The van der Waals surface area contributed by atoms with Crippen molar-refractivity contribution in [2.75, 3.05) is 19.8 Å². The van der Waals surface area contributed by atoms with Crippen molar-refractivity contribution in [3.8, 4) is 0 Å². The summed E-state index contributed by atoms with van der Waals surface area (Å²) in [5.41, 5.74) is -0.240. The van der Waals surface area contributed by atoms with E-state index in [1.165, 1.54) is 19.3 Å². The summed E-state index contributed by atoms with van der Waals surface area (Å²) in [7, 11) is 0. The summed E-state index contributed by atoms with van der Waals surface area (Å²) in [6.45, 7) is 3.90. The monoisotopic (exact) mass is 294 g/mol. The Morgan fingerprint density at radius 2 is 2.00 bits per heavy atom. The van der Waals surface area contributed by atoms with Crippen molar-refractivity contribution in [1.82, 2.24) is 10.2 Å². The molecule has 5 heteroatoms. The number of rotatable bonds is 2. The number of carbonyl (C=O) groups is 2. The summed E-state index contributed by atoms with van der Waals surface area (Å²) < 4.78 is 5.51. The predicted molar refractivity (Wildman–Crippen MR) is 78.7 cm³/mol. The van der Waals surface area contributed by atoms with Crippen LogP contribution in [0.2, 0.25) is 0 Å². The highest BCUT2D eigenvalue weighted by Gasteiger charge is 2.44. The average Bonchev–Trinajstić information content (AvgIpc) is 2.86. The van der Waals surface area contributed by atoms with Gasteiger partial charge < -0.3 is 15.0 Å². The van der Waals surface area contributed by atoms with Crippen molar-refractivity contribution in [3.05, 3.63) is 0 Å². The first-order chi connectivity index (χ1) is 10.1. The number of hydrogen-bond acceptors (Lipinski definition) is 3. The van der Waals surface area contributed by atoms with E-state index >= 15 is 0 Å². The van der Waals surface area contributed by atoms with Gasteiger partial charge in [0, 0.05) is 19.6 Å². The first-order valence-electron chi connectivity index (χ1n) is 8.29. The summed E-state index contributed by atoms with van der Waals surface area (Å²) in [6.07, 6.45) is 6.97. The van der Waals surface area contributed by atoms with Crippen molar-refractivity contribution < 1.29 is 14.3 Å². The highest BCUT2D eigenvalue weighted by Crippen LogP contribution is 2.32. The lowest BCUT2D eigenvalue weighted by Crippen LogP contribution is -2.56. The SMILES string of the molecule is CC1(N2CCC(=O)NC(C3CCCCC3)C2=O)CCOC1. The molecule has 0 bridgehead atoms. The minimum absolute atomic E-state index is 0.0175. The lowest BCUT2D eigenvalue weighted by molar-refractivity contribution is -0.140. The standard InChI is InChI=1S/C16H26N2O3/c1-16(8-10-21-11-16)18-9-7-13(19)17-14(15(18)20)12-5-3-2-4-6-12/h12,14H,2-11H2,1H3,(H,17,19). The molecule has 2 amide bonds. The number of hydrogen-bond donors (Lipinski definition) is 1. The summed E-state index contributed by atoms with van der Waals surface area (Å²) >= 11 is 0. The van der Waals surface area contributed by atoms with E-state index in [0.29, 0.717) is 32.1 Å². The van der Waals surface area contributed by atoms with Crippen LogP contribution in [0.4, 0.5) is 0 Å². The van der Waals surface area contributed by atoms with Crippen LogP contribution in [0.15, 0.2) is 0 Å². The van der Waals surface area contributed by atoms with Gasteiger partial charge in [0.25, 0.3) is 0 Å². The average molecular weight is 294 g/mol. The second-order valence-electron chi connectivity index (χ2n) is 6.98. The van der Waals surface area contributed by atoms with Crippen LogP contribution in [-0.4, -0.2) is 48.1 Å². The predicted octanol–water partition coefficient (Wildman–Crippen LogP) is 1.46. The molecule has 0 radical (unpaired) electrons. The Bertz CT molecular complexity index is 412. The molecule has 21 heavy (non-hydrogen) atoms. The third-order valence-corrected chi connectivity index (χ3v) is 5.38. The Hall–Kier alpha value is -1.10. The molecular weight excluding hydrogens is 268 g/mol. The topological polar surface area (TPSA) is 58.6 Å². The summed E-state index contributed by atoms with van der Waals surface area (Å²) in [5, 5.41) is 3.00. The normalized spacial score (nSPS) is 35.7. The fourth-order valence-corrected chi connectivity index (χ4v) is 3.99. The van der Waals surface area contributed by atoms with Gasteiger partial charge in [-0.1, -0.05) is 19.3 Å². The van der Waals surface area contributed by atoms with E-state index in [-0.39, 0.29) is 23.4 Å². The zero-order valence-electron chi connectivity index (χ0n) is 12.9. The Morgan fingerprint density at radius 1 is 1.24 bits per heavy atom. The molecule has 0 spiro atoms. The van der Waals surface area contributed by atoms with Crippen LogP contribution in [0.25, 0.3) is 0 Å². The molecule has 1 aliphatic carbocycles. The van der Waals surface area contributed by atoms with Crippen LogP contribution < -0.4 is 5.32 Å². The minimum atomic E-state index is -0.322. The van der Waals surface area contributed by atoms with Gasteiger partial charge in [-0.05, 0) is 32.1 Å². The van der Waals surface area contributed by atoms with Gasteiger partial charge in [-0.25, -0.2) is 0 Å². The van der Waals surface area contributed by atoms with Gasteiger partial charge >= 0.3 is 0 Å². The van der Waals surface area contributed by atoms with E-state index in [4.69, 9.17) is 4.74 Å². The summed E-state index contributed by atoms with van der Waals surface area (Å²) in [6, 6.07) is -0.322. The Morgan fingerprint density at radius 3 is 2.67 bits per heavy atom. The summed E-state index contributed by atoms with van der Waals surface area (Å²) in [5.74, 6) is 0.436. The molecule has 118 valence electrons. The first kappa shape index (κ1) is 14.8. The smallest absolute Gasteiger partial charge is 0.245 e. The van der Waals surface area contributed by atoms with Crippen molar-refractivity contribution in [3.63, 3.8) is 0 Å². The quantitative estimate of drug-likeness (QED) is 0.839. The third-order valence-electron chi connectivity index (χ3n) is 5.38. The third kappa shape index (κ3) is 2.93. The second kappa shape index (κ2) is 5.95. The zero-order valence-corrected chi connectivity index (χ0v) is 12.9. The lowest BCUT2D eigenvalue weighted by Gasteiger charge is -2.39. The van der Waals surface area contributed by atoms with Gasteiger partial charge in [0.15, 0.2) is 0 Å². The van der Waals surface area contributed by atoms with E-state index in [9.17, 15) is 9.59 Å².